The molecule has 2 atom stereocenters. The number of aliphatic hydroxyl groups is 1. The number of esters is 1. The molecule has 0 aromatic carbocycles. The lowest BCUT2D eigenvalue weighted by molar-refractivity contribution is -0.147. The van der Waals surface area contributed by atoms with Crippen LogP contribution in [-0.4, -0.2) is 59.3 Å². The largest absolute Gasteiger partial charge is 0.480 e. The van der Waals surface area contributed by atoms with Gasteiger partial charge in [-0.1, -0.05) is 173 Å². The fourth-order valence-electron chi connectivity index (χ4n) is 6.30. The van der Waals surface area contributed by atoms with Gasteiger partial charge in [-0.2, -0.15) is 0 Å². The van der Waals surface area contributed by atoms with Crippen LogP contribution < -0.4 is 10.6 Å². The third kappa shape index (κ3) is 36.1. The van der Waals surface area contributed by atoms with Crippen molar-refractivity contribution in [1.82, 2.24) is 10.6 Å². The van der Waals surface area contributed by atoms with Crippen LogP contribution >= 0.6 is 0 Å². The molecule has 9 heteroatoms. The van der Waals surface area contributed by atoms with E-state index in [0.717, 1.165) is 70.6 Å². The van der Waals surface area contributed by atoms with E-state index in [-0.39, 0.29) is 24.5 Å². The Morgan fingerprint density at radius 2 is 1.04 bits per heavy atom. The molecular formula is C45H80N2O7. The number of carboxylic acids is 1. The van der Waals surface area contributed by atoms with Crippen molar-refractivity contribution in [2.24, 2.45) is 0 Å². The Morgan fingerprint density at radius 3 is 1.54 bits per heavy atom. The molecule has 0 aliphatic rings. The number of rotatable bonds is 39. The molecule has 0 spiro atoms. The Bertz CT molecular complexity index is 1010. The molecular weight excluding hydrogens is 681 g/mol. The summed E-state index contributed by atoms with van der Waals surface area (Å²) in [6.45, 7) is 3.36. The predicted octanol–water partition coefficient (Wildman–Crippen LogP) is 10.6. The van der Waals surface area contributed by atoms with Crippen LogP contribution in [0.15, 0.2) is 36.5 Å². The maximum atomic E-state index is 12.7. The van der Waals surface area contributed by atoms with Crippen molar-refractivity contribution < 1.29 is 34.1 Å². The second-order valence-corrected chi connectivity index (χ2v) is 14.8. The molecule has 0 aliphatic heterocycles. The normalized spacial score (nSPS) is 12.8. The number of carbonyl (C=O) groups is 4. The van der Waals surface area contributed by atoms with Gasteiger partial charge < -0.3 is 25.6 Å². The molecule has 312 valence electrons. The van der Waals surface area contributed by atoms with E-state index in [4.69, 9.17) is 14.9 Å². The van der Waals surface area contributed by atoms with Crippen molar-refractivity contribution in [2.75, 3.05) is 13.2 Å². The van der Waals surface area contributed by atoms with E-state index in [9.17, 15) is 19.2 Å². The van der Waals surface area contributed by atoms with Gasteiger partial charge in [0.15, 0.2) is 0 Å². The minimum atomic E-state index is -1.38. The number of aliphatic carboxylic acids is 1. The van der Waals surface area contributed by atoms with Crippen LogP contribution in [0.1, 0.15) is 200 Å². The molecule has 0 saturated carbocycles. The molecule has 0 saturated heterocycles. The van der Waals surface area contributed by atoms with E-state index in [1.165, 1.54) is 96.3 Å². The van der Waals surface area contributed by atoms with E-state index in [1.807, 2.05) is 6.08 Å². The van der Waals surface area contributed by atoms with E-state index in [1.54, 1.807) is 0 Å². The van der Waals surface area contributed by atoms with Crippen LogP contribution in [0, 0.1) is 0 Å². The van der Waals surface area contributed by atoms with Gasteiger partial charge in [0.05, 0.1) is 13.2 Å². The molecule has 0 rings (SSSR count). The van der Waals surface area contributed by atoms with Crippen LogP contribution in [-0.2, 0) is 23.9 Å². The summed E-state index contributed by atoms with van der Waals surface area (Å²) >= 11 is 0. The first kappa shape index (κ1) is 51.1. The average molecular weight is 761 g/mol. The second kappa shape index (κ2) is 39.7. The summed E-state index contributed by atoms with van der Waals surface area (Å²) in [5.74, 6) is -2.35. The van der Waals surface area contributed by atoms with Crippen LogP contribution in [0.2, 0.25) is 0 Å². The lowest BCUT2D eigenvalue weighted by atomic mass is 10.0. The number of carboxylic acid groups (broad SMARTS) is 1. The SMILES string of the molecule is CC/C=C\C/C=C\C/C=C\C(CCCCCCCCC(=O)NCC(=O)NC(CO)C(=O)O)OC(=O)CCCCCCCCCCCCCCCCCCC. The summed E-state index contributed by atoms with van der Waals surface area (Å²) in [7, 11) is 0. The molecule has 0 heterocycles. The number of ether oxygens (including phenoxy) is 1. The van der Waals surface area contributed by atoms with Crippen LogP contribution in [0.25, 0.3) is 0 Å². The zero-order valence-electron chi connectivity index (χ0n) is 34.5. The highest BCUT2D eigenvalue weighted by molar-refractivity contribution is 5.87. The maximum Gasteiger partial charge on any atom is 0.328 e. The molecule has 0 aliphatic carbocycles. The van der Waals surface area contributed by atoms with Crippen LogP contribution in [0.3, 0.4) is 0 Å². The zero-order chi connectivity index (χ0) is 39.7. The van der Waals surface area contributed by atoms with Crippen LogP contribution in [0.5, 0.6) is 0 Å². The van der Waals surface area contributed by atoms with Crippen molar-refractivity contribution in [3.8, 4) is 0 Å². The number of amides is 2. The lowest BCUT2D eigenvalue weighted by Gasteiger charge is -2.15. The minimum Gasteiger partial charge on any atom is -0.480 e. The zero-order valence-corrected chi connectivity index (χ0v) is 34.5. The van der Waals surface area contributed by atoms with Gasteiger partial charge in [-0.3, -0.25) is 14.4 Å². The quantitative estimate of drug-likeness (QED) is 0.0277. The standard InChI is InChI=1S/C45H80N2O7/c1-3-5-7-9-11-13-14-15-16-17-18-19-20-21-23-29-33-37-44(51)54-40(34-30-26-22-12-10-8-6-4-2)35-31-27-24-25-28-32-36-42(49)46-38-43(50)47-41(39-48)45(52)53/h6,8,12,22,30,34,40-41,48H,3-5,7,9-11,13-21,23-29,31-33,35-39H2,1-2H3,(H,46,49)(H,47,50)(H,52,53)/b8-6-,22-12-,34-30-. The van der Waals surface area contributed by atoms with Gasteiger partial charge in [0.2, 0.25) is 11.8 Å². The predicted molar refractivity (Wildman–Crippen MR) is 222 cm³/mol. The molecule has 0 fully saturated rings. The average Bonchev–Trinajstić information content (AvgIpc) is 3.15. The number of aliphatic hydroxyl groups excluding tert-OH is 1. The second-order valence-electron chi connectivity index (χ2n) is 14.8. The number of hydrogen-bond acceptors (Lipinski definition) is 6. The van der Waals surface area contributed by atoms with Gasteiger partial charge in [-0.05, 0) is 51.0 Å². The molecule has 0 aromatic heterocycles. The van der Waals surface area contributed by atoms with Gasteiger partial charge in [0.1, 0.15) is 12.1 Å². The molecule has 0 radical (unpaired) electrons. The Kier molecular flexibility index (Phi) is 37.6. The molecule has 9 nitrogen and oxygen atoms in total. The van der Waals surface area contributed by atoms with E-state index in [0.29, 0.717) is 19.3 Å². The third-order valence-corrected chi connectivity index (χ3v) is 9.64. The fraction of sp³-hybridized carbons (Fsp3) is 0.778. The smallest absolute Gasteiger partial charge is 0.328 e. The van der Waals surface area contributed by atoms with Crippen LogP contribution in [0.4, 0.5) is 0 Å². The number of nitrogens with one attached hydrogen (secondary N) is 2. The monoisotopic (exact) mass is 761 g/mol. The molecule has 2 amide bonds. The van der Waals surface area contributed by atoms with Gasteiger partial charge in [0.25, 0.3) is 0 Å². The summed E-state index contributed by atoms with van der Waals surface area (Å²) < 4.78 is 5.91. The first-order chi connectivity index (χ1) is 26.3. The molecule has 0 bridgehead atoms. The summed E-state index contributed by atoms with van der Waals surface area (Å²) in [4.78, 5) is 47.4. The number of unbranched alkanes of at least 4 members (excludes halogenated alkanes) is 21. The topological polar surface area (TPSA) is 142 Å². The van der Waals surface area contributed by atoms with Crippen molar-refractivity contribution in [3.63, 3.8) is 0 Å². The van der Waals surface area contributed by atoms with Gasteiger partial charge in [-0.25, -0.2) is 4.79 Å². The highest BCUT2D eigenvalue weighted by Gasteiger charge is 2.18. The summed E-state index contributed by atoms with van der Waals surface area (Å²) in [6.07, 6.45) is 44.9. The Morgan fingerprint density at radius 1 is 0.574 bits per heavy atom. The molecule has 54 heavy (non-hydrogen) atoms. The van der Waals surface area contributed by atoms with E-state index >= 15 is 0 Å². The fourth-order valence-corrected chi connectivity index (χ4v) is 6.30. The first-order valence-corrected chi connectivity index (χ1v) is 21.9. The van der Waals surface area contributed by atoms with Crippen molar-refractivity contribution >= 4 is 23.8 Å². The maximum absolute atomic E-state index is 12.7. The van der Waals surface area contributed by atoms with Crippen molar-refractivity contribution in [1.29, 1.82) is 0 Å². The Labute approximate surface area is 329 Å². The molecule has 0 aromatic rings. The van der Waals surface area contributed by atoms with Gasteiger partial charge >= 0.3 is 11.9 Å². The summed E-state index contributed by atoms with van der Waals surface area (Å²) in [5.41, 5.74) is 0. The Balaban J connectivity index is 4.20. The highest BCUT2D eigenvalue weighted by atomic mass is 16.5. The number of allylic oxidation sites excluding steroid dienone is 5. The third-order valence-electron chi connectivity index (χ3n) is 9.64. The van der Waals surface area contributed by atoms with Gasteiger partial charge in [0, 0.05) is 12.8 Å². The summed E-state index contributed by atoms with van der Waals surface area (Å²) in [5, 5.41) is 22.5. The molecule has 2 unspecified atom stereocenters. The highest BCUT2D eigenvalue weighted by Crippen LogP contribution is 2.16. The van der Waals surface area contributed by atoms with Crippen molar-refractivity contribution in [3.05, 3.63) is 36.5 Å². The lowest BCUT2D eigenvalue weighted by Crippen LogP contribution is -2.47. The Hall–Kier alpha value is -2.94. The van der Waals surface area contributed by atoms with Crippen molar-refractivity contribution in [2.45, 2.75) is 212 Å². The number of hydrogen-bond donors (Lipinski definition) is 4. The van der Waals surface area contributed by atoms with Gasteiger partial charge in [-0.15, -0.1) is 0 Å². The summed E-state index contributed by atoms with van der Waals surface area (Å²) in [6, 6.07) is -1.38. The molecule has 4 N–H and O–H groups in total. The minimum absolute atomic E-state index is 0.100. The number of carbonyl (C=O) groups excluding carboxylic acids is 3. The van der Waals surface area contributed by atoms with E-state index in [2.05, 4.69) is 54.9 Å². The first-order valence-electron chi connectivity index (χ1n) is 21.9. The van der Waals surface area contributed by atoms with E-state index < -0.39 is 24.5 Å².